The smallest absolute Gasteiger partial charge is 0.154 e. The highest BCUT2D eigenvalue weighted by Crippen LogP contribution is 2.26. The average molecular weight is 374 g/mol. The van der Waals surface area contributed by atoms with E-state index in [4.69, 9.17) is 0 Å². The van der Waals surface area contributed by atoms with Gasteiger partial charge in [-0.05, 0) is 36.8 Å². The van der Waals surface area contributed by atoms with Crippen LogP contribution in [-0.4, -0.2) is 30.0 Å². The Morgan fingerprint density at radius 3 is 2.71 bits per heavy atom. The fourth-order valence-electron chi connectivity index (χ4n) is 3.25. The summed E-state index contributed by atoms with van der Waals surface area (Å²) in [7, 11) is 0. The third-order valence-corrected chi connectivity index (χ3v) is 4.71. The summed E-state index contributed by atoms with van der Waals surface area (Å²) in [5.74, 6) is 0.652. The van der Waals surface area contributed by atoms with Crippen molar-refractivity contribution in [3.05, 3.63) is 72.2 Å². The molecule has 1 aromatic carbocycles. The van der Waals surface area contributed by atoms with Crippen molar-refractivity contribution < 1.29 is 10.2 Å². The normalized spacial score (nSPS) is 12.4. The zero-order valence-electron chi connectivity index (χ0n) is 15.7. The summed E-state index contributed by atoms with van der Waals surface area (Å²) in [5, 5.41) is 25.1. The summed E-state index contributed by atoms with van der Waals surface area (Å²) in [4.78, 5) is 9.10. The monoisotopic (exact) mass is 374 g/mol. The second-order valence-corrected chi connectivity index (χ2v) is 6.73. The Morgan fingerprint density at radius 2 is 1.89 bits per heavy atom. The van der Waals surface area contributed by atoms with Crippen molar-refractivity contribution in [1.29, 1.82) is 0 Å². The maximum atomic E-state index is 10.3. The molecule has 6 nitrogen and oxygen atoms in total. The summed E-state index contributed by atoms with van der Waals surface area (Å²) in [6.45, 7) is 1.93. The summed E-state index contributed by atoms with van der Waals surface area (Å²) in [6, 6.07) is 17.2. The molecule has 0 radical (unpaired) electrons. The number of benzene rings is 1. The molecule has 0 amide bonds. The molecule has 142 valence electrons. The molecule has 2 N–H and O–H groups in total. The molecule has 0 aliphatic rings. The summed E-state index contributed by atoms with van der Waals surface area (Å²) < 4.78 is 1.76. The number of rotatable bonds is 6. The number of aromatic nitrogens is 4. The first kappa shape index (κ1) is 18.3. The van der Waals surface area contributed by atoms with E-state index < -0.39 is 6.10 Å². The van der Waals surface area contributed by atoms with Gasteiger partial charge in [-0.25, -0.2) is 9.67 Å². The lowest BCUT2D eigenvalue weighted by Crippen LogP contribution is -2.02. The number of hydrogen-bond donors (Lipinski definition) is 2. The van der Waals surface area contributed by atoms with Gasteiger partial charge in [0.25, 0.3) is 0 Å². The Hall–Kier alpha value is -3.09. The molecule has 28 heavy (non-hydrogen) atoms. The van der Waals surface area contributed by atoms with Gasteiger partial charge in [-0.2, -0.15) is 5.10 Å². The van der Waals surface area contributed by atoms with Crippen molar-refractivity contribution in [1.82, 2.24) is 19.7 Å². The van der Waals surface area contributed by atoms with E-state index >= 15 is 0 Å². The second kappa shape index (κ2) is 7.88. The zero-order chi connectivity index (χ0) is 19.5. The van der Waals surface area contributed by atoms with Crippen molar-refractivity contribution in [3.8, 4) is 17.1 Å². The van der Waals surface area contributed by atoms with E-state index in [-0.39, 0.29) is 6.61 Å². The van der Waals surface area contributed by atoms with Gasteiger partial charge in [-0.15, -0.1) is 0 Å². The van der Waals surface area contributed by atoms with Crippen LogP contribution in [0.15, 0.2) is 60.8 Å². The molecule has 6 heteroatoms. The molecule has 0 bridgehead atoms. The van der Waals surface area contributed by atoms with Gasteiger partial charge in [-0.1, -0.05) is 37.6 Å². The van der Waals surface area contributed by atoms with E-state index in [0.717, 1.165) is 28.6 Å². The van der Waals surface area contributed by atoms with Gasteiger partial charge < -0.3 is 10.2 Å². The zero-order valence-corrected chi connectivity index (χ0v) is 15.7. The molecule has 0 spiro atoms. The number of aliphatic hydroxyl groups excluding tert-OH is 2. The van der Waals surface area contributed by atoms with E-state index in [1.54, 1.807) is 16.9 Å². The highest BCUT2D eigenvalue weighted by atomic mass is 16.3. The van der Waals surface area contributed by atoms with Crippen LogP contribution in [0.5, 0.6) is 0 Å². The molecule has 0 saturated heterocycles. The third kappa shape index (κ3) is 3.52. The minimum atomic E-state index is -0.551. The molecule has 1 unspecified atom stereocenters. The van der Waals surface area contributed by atoms with E-state index in [1.165, 1.54) is 0 Å². The number of aliphatic hydroxyl groups is 2. The Morgan fingerprint density at radius 1 is 1.04 bits per heavy atom. The number of hydrogen-bond acceptors (Lipinski definition) is 5. The maximum absolute atomic E-state index is 10.3. The van der Waals surface area contributed by atoms with Gasteiger partial charge in [0.05, 0.1) is 41.5 Å². The largest absolute Gasteiger partial charge is 0.390 e. The van der Waals surface area contributed by atoms with Gasteiger partial charge in [0.15, 0.2) is 5.82 Å². The molecule has 3 heterocycles. The van der Waals surface area contributed by atoms with Crippen molar-refractivity contribution in [2.24, 2.45) is 0 Å². The first-order valence-electron chi connectivity index (χ1n) is 9.40. The highest BCUT2D eigenvalue weighted by Gasteiger charge is 2.12. The van der Waals surface area contributed by atoms with Crippen LogP contribution in [0.1, 0.15) is 37.3 Å². The van der Waals surface area contributed by atoms with Crippen LogP contribution in [0.2, 0.25) is 0 Å². The number of pyridine rings is 2. The Bertz CT molecular complexity index is 1110. The van der Waals surface area contributed by atoms with Crippen LogP contribution in [0.25, 0.3) is 28.0 Å². The van der Waals surface area contributed by atoms with E-state index in [2.05, 4.69) is 15.1 Å². The molecule has 0 aliphatic heterocycles. The second-order valence-electron chi connectivity index (χ2n) is 6.73. The Kier molecular flexibility index (Phi) is 5.14. The average Bonchev–Trinajstić information content (AvgIpc) is 3.17. The van der Waals surface area contributed by atoms with Gasteiger partial charge >= 0.3 is 0 Å². The minimum Gasteiger partial charge on any atom is -0.390 e. The summed E-state index contributed by atoms with van der Waals surface area (Å²) in [6.07, 6.45) is 2.83. The number of fused-ring (bicyclic) bond motifs is 1. The van der Waals surface area contributed by atoms with Crippen LogP contribution in [0.4, 0.5) is 0 Å². The van der Waals surface area contributed by atoms with Crippen LogP contribution in [0, 0.1) is 0 Å². The molecule has 0 aliphatic carbocycles. The third-order valence-electron chi connectivity index (χ3n) is 4.71. The molecular weight excluding hydrogens is 352 g/mol. The SMILES string of the molecule is CCCC(O)c1cccc(-c2ccc3cnn(-c4cccc(CO)n4)c3c2)n1. The van der Waals surface area contributed by atoms with Crippen molar-refractivity contribution >= 4 is 10.9 Å². The Labute approximate surface area is 163 Å². The van der Waals surface area contributed by atoms with Crippen LogP contribution in [-0.2, 0) is 6.61 Å². The number of nitrogens with zero attached hydrogens (tertiary/aromatic N) is 4. The lowest BCUT2D eigenvalue weighted by atomic mass is 10.1. The van der Waals surface area contributed by atoms with E-state index in [9.17, 15) is 10.2 Å². The lowest BCUT2D eigenvalue weighted by molar-refractivity contribution is 0.162. The summed E-state index contributed by atoms with van der Waals surface area (Å²) >= 11 is 0. The molecular formula is C22H22N4O2. The molecule has 0 saturated carbocycles. The lowest BCUT2D eigenvalue weighted by Gasteiger charge is -2.11. The van der Waals surface area contributed by atoms with Crippen molar-refractivity contribution in [2.75, 3.05) is 0 Å². The molecule has 1 atom stereocenters. The molecule has 4 aromatic rings. The first-order chi connectivity index (χ1) is 13.7. The predicted octanol–water partition coefficient (Wildman–Crippen LogP) is 3.81. The maximum Gasteiger partial charge on any atom is 0.154 e. The van der Waals surface area contributed by atoms with E-state index in [1.807, 2.05) is 55.5 Å². The van der Waals surface area contributed by atoms with Gasteiger partial charge in [0.1, 0.15) is 0 Å². The first-order valence-corrected chi connectivity index (χ1v) is 9.40. The highest BCUT2D eigenvalue weighted by molar-refractivity contribution is 5.84. The van der Waals surface area contributed by atoms with Crippen LogP contribution in [0.3, 0.4) is 0 Å². The summed E-state index contributed by atoms with van der Waals surface area (Å²) in [5.41, 5.74) is 3.93. The minimum absolute atomic E-state index is 0.116. The predicted molar refractivity (Wildman–Crippen MR) is 108 cm³/mol. The topological polar surface area (TPSA) is 84.1 Å². The quantitative estimate of drug-likeness (QED) is 0.536. The fourth-order valence-corrected chi connectivity index (χ4v) is 3.25. The fraction of sp³-hybridized carbons (Fsp3) is 0.227. The molecule has 4 rings (SSSR count). The van der Waals surface area contributed by atoms with Crippen LogP contribution >= 0.6 is 0 Å². The van der Waals surface area contributed by atoms with Gasteiger partial charge in [-0.3, -0.25) is 4.98 Å². The standard InChI is InChI=1S/C22H22N4O2/c1-2-5-21(28)19-8-4-7-18(25-19)15-10-11-16-13-23-26(20(16)12-15)22-9-3-6-17(14-27)24-22/h3-4,6-13,21,27-28H,2,5,14H2,1H3. The van der Waals surface area contributed by atoms with Gasteiger partial charge in [0, 0.05) is 10.9 Å². The van der Waals surface area contributed by atoms with Crippen molar-refractivity contribution in [2.45, 2.75) is 32.5 Å². The van der Waals surface area contributed by atoms with Gasteiger partial charge in [0.2, 0.25) is 0 Å². The van der Waals surface area contributed by atoms with E-state index in [0.29, 0.717) is 23.6 Å². The van der Waals surface area contributed by atoms with Crippen molar-refractivity contribution in [3.63, 3.8) is 0 Å². The van der Waals surface area contributed by atoms with Crippen LogP contribution < -0.4 is 0 Å². The Balaban J connectivity index is 1.77. The molecule has 3 aromatic heterocycles. The molecule has 0 fully saturated rings.